The lowest BCUT2D eigenvalue weighted by Gasteiger charge is -2.09. The van der Waals surface area contributed by atoms with Crippen LogP contribution >= 0.6 is 11.6 Å². The molecule has 0 fully saturated rings. The topological polar surface area (TPSA) is 32.3 Å². The van der Waals surface area contributed by atoms with Crippen LogP contribution < -0.4 is 5.32 Å². The number of nitrogens with one attached hydrogen (secondary N) is 1. The lowest BCUT2D eigenvalue weighted by molar-refractivity contribution is -0.121. The standard InChI is InChI=1S/C11H23ClN2O/c1-14(2)10-6-5-9-13-11(15)7-3-4-8-12/h3-10H2,1-2H3,(H,13,15). The maximum Gasteiger partial charge on any atom is 0.219 e. The van der Waals surface area contributed by atoms with E-state index in [1.807, 2.05) is 0 Å². The first-order valence-corrected chi connectivity index (χ1v) is 6.17. The maximum absolute atomic E-state index is 11.3. The molecule has 90 valence electrons. The Bertz CT molecular complexity index is 163. The number of unbranched alkanes of at least 4 members (excludes halogenated alkanes) is 2. The predicted octanol–water partition coefficient (Wildman–Crippen LogP) is 1.85. The van der Waals surface area contributed by atoms with Gasteiger partial charge in [0.25, 0.3) is 0 Å². The van der Waals surface area contributed by atoms with Gasteiger partial charge in [-0.25, -0.2) is 0 Å². The zero-order valence-corrected chi connectivity index (χ0v) is 10.6. The lowest BCUT2D eigenvalue weighted by atomic mass is 10.2. The Morgan fingerprint density at radius 2 is 1.93 bits per heavy atom. The Morgan fingerprint density at radius 3 is 2.53 bits per heavy atom. The van der Waals surface area contributed by atoms with Crippen molar-refractivity contribution < 1.29 is 4.79 Å². The van der Waals surface area contributed by atoms with Crippen molar-refractivity contribution in [3.05, 3.63) is 0 Å². The van der Waals surface area contributed by atoms with Crippen LogP contribution in [0.3, 0.4) is 0 Å². The molecule has 0 aromatic rings. The molecule has 15 heavy (non-hydrogen) atoms. The molecule has 0 bridgehead atoms. The molecule has 0 aromatic heterocycles. The van der Waals surface area contributed by atoms with Gasteiger partial charge in [0.05, 0.1) is 0 Å². The van der Waals surface area contributed by atoms with Crippen molar-refractivity contribution in [2.24, 2.45) is 0 Å². The number of carbonyl (C=O) groups is 1. The number of carbonyl (C=O) groups excluding carboxylic acids is 1. The van der Waals surface area contributed by atoms with E-state index in [0.29, 0.717) is 12.3 Å². The summed E-state index contributed by atoms with van der Waals surface area (Å²) in [6.07, 6.45) is 4.62. The van der Waals surface area contributed by atoms with E-state index in [4.69, 9.17) is 11.6 Å². The summed E-state index contributed by atoms with van der Waals surface area (Å²) in [5.74, 6) is 0.806. The third kappa shape index (κ3) is 11.6. The molecule has 0 radical (unpaired) electrons. The highest BCUT2D eigenvalue weighted by Gasteiger charge is 1.99. The summed E-state index contributed by atoms with van der Waals surface area (Å²) in [4.78, 5) is 13.4. The molecule has 0 aliphatic carbocycles. The van der Waals surface area contributed by atoms with Gasteiger partial charge in [-0.1, -0.05) is 0 Å². The van der Waals surface area contributed by atoms with Gasteiger partial charge >= 0.3 is 0 Å². The van der Waals surface area contributed by atoms with Gasteiger partial charge in [0.1, 0.15) is 0 Å². The van der Waals surface area contributed by atoms with Crippen LogP contribution in [0.15, 0.2) is 0 Å². The fourth-order valence-corrected chi connectivity index (χ4v) is 1.44. The second-order valence-corrected chi connectivity index (χ2v) is 4.38. The Labute approximate surface area is 98.2 Å². The van der Waals surface area contributed by atoms with Crippen molar-refractivity contribution in [2.75, 3.05) is 33.1 Å². The summed E-state index contributed by atoms with van der Waals surface area (Å²) in [6.45, 7) is 1.88. The van der Waals surface area contributed by atoms with Crippen LogP contribution in [0.5, 0.6) is 0 Å². The summed E-state index contributed by atoms with van der Waals surface area (Å²) in [5.41, 5.74) is 0. The van der Waals surface area contributed by atoms with Crippen molar-refractivity contribution in [3.8, 4) is 0 Å². The van der Waals surface area contributed by atoms with E-state index in [2.05, 4.69) is 24.3 Å². The van der Waals surface area contributed by atoms with E-state index in [0.717, 1.165) is 38.8 Å². The first kappa shape index (κ1) is 14.7. The minimum Gasteiger partial charge on any atom is -0.356 e. The average molecular weight is 235 g/mol. The molecule has 0 aliphatic heterocycles. The summed E-state index contributed by atoms with van der Waals surface area (Å²) in [7, 11) is 4.12. The molecule has 0 heterocycles. The molecule has 0 unspecified atom stereocenters. The third-order valence-corrected chi connectivity index (χ3v) is 2.41. The van der Waals surface area contributed by atoms with Crippen LogP contribution in [0, 0.1) is 0 Å². The minimum absolute atomic E-state index is 0.157. The number of nitrogens with zero attached hydrogens (tertiary/aromatic N) is 1. The van der Waals surface area contributed by atoms with E-state index in [1.54, 1.807) is 0 Å². The van der Waals surface area contributed by atoms with Crippen molar-refractivity contribution in [1.29, 1.82) is 0 Å². The summed E-state index contributed by atoms with van der Waals surface area (Å²) in [5, 5.41) is 2.91. The quantitative estimate of drug-likeness (QED) is 0.488. The molecule has 3 nitrogen and oxygen atoms in total. The van der Waals surface area contributed by atoms with Gasteiger partial charge in [-0.3, -0.25) is 4.79 Å². The van der Waals surface area contributed by atoms with Gasteiger partial charge < -0.3 is 10.2 Å². The van der Waals surface area contributed by atoms with Crippen molar-refractivity contribution in [1.82, 2.24) is 10.2 Å². The fourth-order valence-electron chi connectivity index (χ4n) is 1.25. The molecule has 1 amide bonds. The van der Waals surface area contributed by atoms with E-state index >= 15 is 0 Å². The van der Waals surface area contributed by atoms with Gasteiger partial charge in [-0.05, 0) is 46.3 Å². The predicted molar refractivity (Wildman–Crippen MR) is 65.4 cm³/mol. The molecule has 4 heteroatoms. The molecule has 0 aliphatic rings. The summed E-state index contributed by atoms with van der Waals surface area (Å²) in [6, 6.07) is 0. The highest BCUT2D eigenvalue weighted by molar-refractivity contribution is 6.17. The smallest absolute Gasteiger partial charge is 0.219 e. The first-order chi connectivity index (χ1) is 7.16. The Hall–Kier alpha value is -0.280. The molecule has 0 saturated heterocycles. The molecule has 0 spiro atoms. The number of amides is 1. The van der Waals surface area contributed by atoms with Crippen LogP contribution in [-0.4, -0.2) is 43.9 Å². The SMILES string of the molecule is CN(C)CCCCNC(=O)CCCCCl. The minimum atomic E-state index is 0.157. The highest BCUT2D eigenvalue weighted by atomic mass is 35.5. The van der Waals surface area contributed by atoms with Gasteiger partial charge in [-0.2, -0.15) is 0 Å². The van der Waals surface area contributed by atoms with E-state index < -0.39 is 0 Å². The molecule has 0 rings (SSSR count). The van der Waals surface area contributed by atoms with Gasteiger partial charge in [0, 0.05) is 18.8 Å². The zero-order chi connectivity index (χ0) is 11.5. The summed E-state index contributed by atoms with van der Waals surface area (Å²) >= 11 is 5.52. The molecular weight excluding hydrogens is 212 g/mol. The van der Waals surface area contributed by atoms with E-state index in [-0.39, 0.29) is 5.91 Å². The monoisotopic (exact) mass is 234 g/mol. The van der Waals surface area contributed by atoms with Crippen molar-refractivity contribution in [2.45, 2.75) is 32.1 Å². The Kier molecular flexibility index (Phi) is 10.1. The van der Waals surface area contributed by atoms with Crippen LogP contribution in [0.25, 0.3) is 0 Å². The number of hydrogen-bond donors (Lipinski definition) is 1. The number of hydrogen-bond acceptors (Lipinski definition) is 2. The largest absolute Gasteiger partial charge is 0.356 e. The summed E-state index contributed by atoms with van der Waals surface area (Å²) < 4.78 is 0. The number of halogens is 1. The first-order valence-electron chi connectivity index (χ1n) is 5.64. The van der Waals surface area contributed by atoms with E-state index in [1.165, 1.54) is 0 Å². The second-order valence-electron chi connectivity index (χ2n) is 4.01. The highest BCUT2D eigenvalue weighted by Crippen LogP contribution is 1.97. The van der Waals surface area contributed by atoms with Crippen LogP contribution in [-0.2, 0) is 4.79 Å². The molecular formula is C11H23ClN2O. The van der Waals surface area contributed by atoms with Crippen molar-refractivity contribution in [3.63, 3.8) is 0 Å². The number of rotatable bonds is 9. The lowest BCUT2D eigenvalue weighted by Crippen LogP contribution is -2.24. The maximum atomic E-state index is 11.3. The second kappa shape index (κ2) is 10.2. The van der Waals surface area contributed by atoms with Gasteiger partial charge in [0.2, 0.25) is 5.91 Å². The zero-order valence-electron chi connectivity index (χ0n) is 9.89. The van der Waals surface area contributed by atoms with Crippen LogP contribution in [0.2, 0.25) is 0 Å². The molecule has 0 saturated carbocycles. The van der Waals surface area contributed by atoms with Crippen LogP contribution in [0.1, 0.15) is 32.1 Å². The Balaban J connectivity index is 3.17. The fraction of sp³-hybridized carbons (Fsp3) is 0.909. The third-order valence-electron chi connectivity index (χ3n) is 2.14. The normalized spacial score (nSPS) is 10.7. The molecule has 0 atom stereocenters. The van der Waals surface area contributed by atoms with Crippen LogP contribution in [0.4, 0.5) is 0 Å². The molecule has 0 aromatic carbocycles. The van der Waals surface area contributed by atoms with Gasteiger partial charge in [0.15, 0.2) is 0 Å². The average Bonchev–Trinajstić information content (AvgIpc) is 2.17. The van der Waals surface area contributed by atoms with Gasteiger partial charge in [-0.15, -0.1) is 11.6 Å². The van der Waals surface area contributed by atoms with Crippen molar-refractivity contribution >= 4 is 17.5 Å². The number of alkyl halides is 1. The van der Waals surface area contributed by atoms with E-state index in [9.17, 15) is 4.79 Å². The molecule has 1 N–H and O–H groups in total. The Morgan fingerprint density at radius 1 is 1.20 bits per heavy atom.